The van der Waals surface area contributed by atoms with Crippen molar-refractivity contribution in [3.63, 3.8) is 0 Å². The van der Waals surface area contributed by atoms with E-state index in [1.807, 2.05) is 13.8 Å². The van der Waals surface area contributed by atoms with Crippen LogP contribution in [-0.2, 0) is 4.74 Å². The van der Waals surface area contributed by atoms with Gasteiger partial charge >= 0.3 is 0 Å². The molecule has 2 aliphatic rings. The second-order valence-electron chi connectivity index (χ2n) is 6.78. The van der Waals surface area contributed by atoms with Gasteiger partial charge in [0.25, 0.3) is 0 Å². The molecule has 1 aromatic rings. The molecule has 1 aromatic carbocycles. The predicted octanol–water partition coefficient (Wildman–Crippen LogP) is 3.28. The van der Waals surface area contributed by atoms with Gasteiger partial charge in [0.05, 0.1) is 12.2 Å². The van der Waals surface area contributed by atoms with Crippen molar-refractivity contribution in [2.45, 2.75) is 51.4 Å². The van der Waals surface area contributed by atoms with Crippen molar-refractivity contribution in [1.29, 1.82) is 0 Å². The summed E-state index contributed by atoms with van der Waals surface area (Å²) >= 11 is 0. The molecular weight excluding hydrogens is 300 g/mol. The van der Waals surface area contributed by atoms with Crippen molar-refractivity contribution < 1.29 is 18.6 Å². The molecule has 1 spiro atoms. The van der Waals surface area contributed by atoms with Crippen LogP contribution in [0.5, 0.6) is 0 Å². The van der Waals surface area contributed by atoms with Crippen molar-refractivity contribution >= 4 is 0 Å². The molecule has 2 fully saturated rings. The number of aliphatic hydroxyl groups is 1. The first-order valence-electron chi connectivity index (χ1n) is 8.47. The van der Waals surface area contributed by atoms with Crippen LogP contribution in [0.4, 0.5) is 8.78 Å². The highest BCUT2D eigenvalue weighted by molar-refractivity contribution is 5.23. The van der Waals surface area contributed by atoms with Gasteiger partial charge in [-0.1, -0.05) is 6.07 Å². The summed E-state index contributed by atoms with van der Waals surface area (Å²) in [5.74, 6) is -0.984. The third-order valence-electron chi connectivity index (χ3n) is 5.80. The summed E-state index contributed by atoms with van der Waals surface area (Å²) in [6.07, 6.45) is 2.11. The molecule has 3 rings (SSSR count). The van der Waals surface area contributed by atoms with Gasteiger partial charge in [-0.05, 0) is 51.9 Å². The van der Waals surface area contributed by atoms with Gasteiger partial charge < -0.3 is 9.84 Å². The lowest BCUT2D eigenvalue weighted by molar-refractivity contribution is -0.211. The Morgan fingerprint density at radius 1 is 1.30 bits per heavy atom. The number of likely N-dealkylation sites (tertiary alicyclic amines) is 1. The van der Waals surface area contributed by atoms with Gasteiger partial charge in [0.1, 0.15) is 11.6 Å². The summed E-state index contributed by atoms with van der Waals surface area (Å²) in [4.78, 5) is 2.10. The van der Waals surface area contributed by atoms with Crippen LogP contribution in [0.3, 0.4) is 0 Å². The van der Waals surface area contributed by atoms with E-state index >= 15 is 0 Å². The molecule has 3 unspecified atom stereocenters. The number of rotatable bonds is 4. The maximum absolute atomic E-state index is 14.0. The molecule has 0 radical (unpaired) electrons. The van der Waals surface area contributed by atoms with Gasteiger partial charge in [-0.3, -0.25) is 4.90 Å². The molecule has 0 aromatic heterocycles. The van der Waals surface area contributed by atoms with Gasteiger partial charge in [0, 0.05) is 30.0 Å². The average Bonchev–Trinajstić information content (AvgIpc) is 2.54. The smallest absolute Gasteiger partial charge is 0.130 e. The Labute approximate surface area is 136 Å². The van der Waals surface area contributed by atoms with Crippen molar-refractivity contribution in [3.05, 3.63) is 35.4 Å². The van der Waals surface area contributed by atoms with Crippen LogP contribution in [-0.4, -0.2) is 41.9 Å². The first-order chi connectivity index (χ1) is 11.0. The number of hydrogen-bond acceptors (Lipinski definition) is 3. The third-order valence-corrected chi connectivity index (χ3v) is 5.80. The van der Waals surface area contributed by atoms with E-state index in [9.17, 15) is 13.9 Å². The van der Waals surface area contributed by atoms with Crippen LogP contribution >= 0.6 is 0 Å². The molecule has 1 aliphatic carbocycles. The van der Waals surface area contributed by atoms with Gasteiger partial charge in [0.15, 0.2) is 0 Å². The zero-order chi connectivity index (χ0) is 16.6. The maximum atomic E-state index is 14.0. The van der Waals surface area contributed by atoms with E-state index in [0.717, 1.165) is 25.9 Å². The van der Waals surface area contributed by atoms with Crippen LogP contribution in [0, 0.1) is 17.0 Å². The average molecular weight is 325 g/mol. The van der Waals surface area contributed by atoms with E-state index in [-0.39, 0.29) is 29.2 Å². The van der Waals surface area contributed by atoms with Gasteiger partial charge in [-0.2, -0.15) is 0 Å². The molecule has 1 aliphatic heterocycles. The summed E-state index contributed by atoms with van der Waals surface area (Å²) in [5, 5.41) is 10.2. The topological polar surface area (TPSA) is 32.7 Å². The quantitative estimate of drug-likeness (QED) is 0.922. The third kappa shape index (κ3) is 2.79. The molecule has 0 bridgehead atoms. The van der Waals surface area contributed by atoms with Crippen molar-refractivity contribution in [2.75, 3.05) is 19.7 Å². The fourth-order valence-electron chi connectivity index (χ4n) is 4.24. The second kappa shape index (κ2) is 6.46. The van der Waals surface area contributed by atoms with E-state index in [4.69, 9.17) is 4.74 Å². The van der Waals surface area contributed by atoms with E-state index in [1.165, 1.54) is 18.2 Å². The SMILES string of the molecule is CCOC1CC(O)C12CCN(C(C)c1c(F)cccc1F)CC2. The molecule has 5 heteroatoms. The lowest BCUT2D eigenvalue weighted by Gasteiger charge is -2.57. The minimum atomic E-state index is -0.492. The van der Waals surface area contributed by atoms with E-state index < -0.39 is 11.6 Å². The summed E-state index contributed by atoms with van der Waals surface area (Å²) < 4.78 is 33.7. The van der Waals surface area contributed by atoms with Crippen LogP contribution in [0.1, 0.15) is 44.7 Å². The minimum absolute atomic E-state index is 0.116. The molecule has 128 valence electrons. The first kappa shape index (κ1) is 16.8. The molecule has 1 saturated carbocycles. The van der Waals surface area contributed by atoms with Gasteiger partial charge in [0.2, 0.25) is 0 Å². The Bertz CT molecular complexity index is 536. The van der Waals surface area contributed by atoms with Crippen molar-refractivity contribution in [2.24, 2.45) is 5.41 Å². The summed E-state index contributed by atoms with van der Waals surface area (Å²) in [6.45, 7) is 5.90. The highest BCUT2D eigenvalue weighted by Gasteiger charge is 2.56. The summed E-state index contributed by atoms with van der Waals surface area (Å²) in [5.41, 5.74) is -0.0287. The van der Waals surface area contributed by atoms with Crippen molar-refractivity contribution in [3.8, 4) is 0 Å². The Morgan fingerprint density at radius 3 is 2.43 bits per heavy atom. The van der Waals surface area contributed by atoms with Crippen LogP contribution < -0.4 is 0 Å². The largest absolute Gasteiger partial charge is 0.392 e. The van der Waals surface area contributed by atoms with Crippen molar-refractivity contribution in [1.82, 2.24) is 4.90 Å². The fourth-order valence-corrected chi connectivity index (χ4v) is 4.24. The number of benzene rings is 1. The molecule has 3 nitrogen and oxygen atoms in total. The van der Waals surface area contributed by atoms with E-state index in [1.54, 1.807) is 0 Å². The number of piperidine rings is 1. The normalized spacial score (nSPS) is 28.6. The Morgan fingerprint density at radius 2 is 1.91 bits per heavy atom. The monoisotopic (exact) mass is 325 g/mol. The van der Waals surface area contributed by atoms with Crippen LogP contribution in [0.25, 0.3) is 0 Å². The van der Waals surface area contributed by atoms with Crippen LogP contribution in [0.2, 0.25) is 0 Å². The van der Waals surface area contributed by atoms with Crippen LogP contribution in [0.15, 0.2) is 18.2 Å². The molecular formula is C18H25F2NO2. The minimum Gasteiger partial charge on any atom is -0.392 e. The standard InChI is InChI=1S/C18H25F2NO2/c1-3-23-16-11-15(22)18(16)7-9-21(10-8-18)12(2)17-13(19)5-4-6-14(17)20/h4-6,12,15-16,22H,3,7-11H2,1-2H3. The number of aliphatic hydroxyl groups excluding tert-OH is 1. The molecule has 3 atom stereocenters. The lowest BCUT2D eigenvalue weighted by atomic mass is 9.58. The lowest BCUT2D eigenvalue weighted by Crippen LogP contribution is -2.62. The maximum Gasteiger partial charge on any atom is 0.130 e. The van der Waals surface area contributed by atoms with E-state index in [0.29, 0.717) is 13.0 Å². The number of hydrogen-bond donors (Lipinski definition) is 1. The van der Waals surface area contributed by atoms with Gasteiger partial charge in [-0.15, -0.1) is 0 Å². The summed E-state index contributed by atoms with van der Waals surface area (Å²) in [6, 6.07) is 3.70. The second-order valence-corrected chi connectivity index (χ2v) is 6.78. The zero-order valence-electron chi connectivity index (χ0n) is 13.8. The molecule has 1 heterocycles. The number of nitrogens with zero attached hydrogens (tertiary/aromatic N) is 1. The molecule has 1 N–H and O–H groups in total. The van der Waals surface area contributed by atoms with Gasteiger partial charge in [-0.25, -0.2) is 8.78 Å². The Kier molecular flexibility index (Phi) is 4.72. The number of ether oxygens (including phenoxy) is 1. The highest BCUT2D eigenvalue weighted by atomic mass is 19.1. The Hall–Kier alpha value is -1.04. The highest BCUT2D eigenvalue weighted by Crippen LogP contribution is 2.51. The number of halogens is 2. The Balaban J connectivity index is 1.69. The first-order valence-corrected chi connectivity index (χ1v) is 8.47. The zero-order valence-corrected chi connectivity index (χ0v) is 13.8. The van der Waals surface area contributed by atoms with E-state index in [2.05, 4.69) is 4.90 Å². The fraction of sp³-hybridized carbons (Fsp3) is 0.667. The summed E-state index contributed by atoms with van der Waals surface area (Å²) in [7, 11) is 0. The molecule has 1 saturated heterocycles. The molecule has 0 amide bonds. The predicted molar refractivity (Wildman–Crippen MR) is 84.1 cm³/mol. The molecule has 23 heavy (non-hydrogen) atoms.